The molecule has 2 aromatic carbocycles. The summed E-state index contributed by atoms with van der Waals surface area (Å²) in [5.41, 5.74) is 1.67. The molecule has 0 amide bonds. The van der Waals surface area contributed by atoms with E-state index in [-0.39, 0.29) is 34.9 Å². The first-order valence-electron chi connectivity index (χ1n) is 9.79. The smallest absolute Gasteiger partial charge is 0.335 e. The predicted molar refractivity (Wildman–Crippen MR) is 113 cm³/mol. The number of nitrogens with zero attached hydrogens (tertiary/aromatic N) is 2. The number of carbonyl (C=O) groups is 1. The molecular weight excluding hydrogens is 423 g/mol. The molecule has 31 heavy (non-hydrogen) atoms. The SMILES string of the molecule is Cc1cc(-c2ccc(S(=O)(=O)N3CCC[C@H]3CO)cc2F)nc2cc(C(=O)O)ccc12. The molecule has 1 aliphatic heterocycles. The number of aromatic carboxylic acids is 1. The van der Waals surface area contributed by atoms with Crippen LogP contribution in [0.4, 0.5) is 4.39 Å². The van der Waals surface area contributed by atoms with Gasteiger partial charge in [-0.25, -0.2) is 22.6 Å². The van der Waals surface area contributed by atoms with E-state index in [2.05, 4.69) is 4.98 Å². The number of carboxylic acids is 1. The van der Waals surface area contributed by atoms with Crippen LogP contribution < -0.4 is 0 Å². The van der Waals surface area contributed by atoms with Gasteiger partial charge < -0.3 is 10.2 Å². The van der Waals surface area contributed by atoms with Crippen LogP contribution in [0.25, 0.3) is 22.2 Å². The number of pyridine rings is 1. The molecule has 0 aliphatic carbocycles. The largest absolute Gasteiger partial charge is 0.478 e. The van der Waals surface area contributed by atoms with Crippen LogP contribution in [0.3, 0.4) is 0 Å². The topological polar surface area (TPSA) is 108 Å². The average Bonchev–Trinajstić information content (AvgIpc) is 3.23. The molecule has 2 N–H and O–H groups in total. The van der Waals surface area contributed by atoms with Crippen LogP contribution in [-0.2, 0) is 10.0 Å². The first-order valence-corrected chi connectivity index (χ1v) is 11.2. The molecule has 1 aromatic heterocycles. The molecule has 0 bridgehead atoms. The first-order chi connectivity index (χ1) is 14.7. The number of hydrogen-bond acceptors (Lipinski definition) is 5. The Bertz CT molecular complexity index is 1290. The predicted octanol–water partition coefficient (Wildman–Crippen LogP) is 3.19. The summed E-state index contributed by atoms with van der Waals surface area (Å²) in [6, 6.07) is 9.40. The molecular formula is C22H21FN2O5S. The molecule has 1 aliphatic rings. The molecule has 2 heterocycles. The van der Waals surface area contributed by atoms with Crippen molar-refractivity contribution in [2.24, 2.45) is 0 Å². The number of rotatable bonds is 5. The number of halogens is 1. The fourth-order valence-electron chi connectivity index (χ4n) is 3.98. The van der Waals surface area contributed by atoms with Gasteiger partial charge in [-0.1, -0.05) is 6.07 Å². The van der Waals surface area contributed by atoms with Gasteiger partial charge in [0.05, 0.1) is 28.3 Å². The number of aliphatic hydroxyl groups excluding tert-OH is 1. The van der Waals surface area contributed by atoms with Crippen molar-refractivity contribution in [3.63, 3.8) is 0 Å². The zero-order valence-electron chi connectivity index (χ0n) is 16.7. The molecule has 7 nitrogen and oxygen atoms in total. The number of fused-ring (bicyclic) bond motifs is 1. The van der Waals surface area contributed by atoms with Crippen molar-refractivity contribution in [1.82, 2.24) is 9.29 Å². The number of aryl methyl sites for hydroxylation is 1. The van der Waals surface area contributed by atoms with Crippen LogP contribution in [-0.4, -0.2) is 53.1 Å². The summed E-state index contributed by atoms with van der Waals surface area (Å²) >= 11 is 0. The van der Waals surface area contributed by atoms with E-state index in [1.165, 1.54) is 28.6 Å². The van der Waals surface area contributed by atoms with Gasteiger partial charge in [-0.3, -0.25) is 0 Å². The minimum absolute atomic E-state index is 0.0718. The molecule has 1 saturated heterocycles. The Kier molecular flexibility index (Phi) is 5.50. The standard InChI is InChI=1S/C22H21FN2O5S/c1-13-9-20(24-21-10-14(22(27)28)4-6-17(13)21)18-7-5-16(11-19(18)23)31(29,30)25-8-2-3-15(25)12-26/h4-7,9-11,15,26H,2-3,8,12H2,1H3,(H,27,28)/t15-/m0/s1. The van der Waals surface area contributed by atoms with Gasteiger partial charge in [0, 0.05) is 23.5 Å². The van der Waals surface area contributed by atoms with E-state index in [0.29, 0.717) is 18.4 Å². The van der Waals surface area contributed by atoms with E-state index in [1.807, 2.05) is 6.92 Å². The van der Waals surface area contributed by atoms with Crippen LogP contribution in [0.1, 0.15) is 28.8 Å². The minimum Gasteiger partial charge on any atom is -0.478 e. The molecule has 0 saturated carbocycles. The highest BCUT2D eigenvalue weighted by atomic mass is 32.2. The van der Waals surface area contributed by atoms with Crippen molar-refractivity contribution in [2.75, 3.05) is 13.2 Å². The van der Waals surface area contributed by atoms with Gasteiger partial charge in [0.15, 0.2) is 0 Å². The average molecular weight is 444 g/mol. The van der Waals surface area contributed by atoms with Gasteiger partial charge in [0.25, 0.3) is 0 Å². The Morgan fingerprint density at radius 2 is 2.00 bits per heavy atom. The fraction of sp³-hybridized carbons (Fsp3) is 0.273. The molecule has 0 radical (unpaired) electrons. The molecule has 9 heteroatoms. The third-order valence-electron chi connectivity index (χ3n) is 5.62. The molecule has 3 aromatic rings. The zero-order valence-corrected chi connectivity index (χ0v) is 17.6. The van der Waals surface area contributed by atoms with E-state index < -0.39 is 27.9 Å². The van der Waals surface area contributed by atoms with Crippen molar-refractivity contribution < 1.29 is 27.8 Å². The lowest BCUT2D eigenvalue weighted by molar-refractivity contribution is 0.0697. The first kappa shape index (κ1) is 21.4. The summed E-state index contributed by atoms with van der Waals surface area (Å²) in [6.07, 6.45) is 1.21. The second kappa shape index (κ2) is 7.99. The number of sulfonamides is 1. The molecule has 4 rings (SSSR count). The Hall–Kier alpha value is -2.88. The van der Waals surface area contributed by atoms with Crippen LogP contribution in [0.5, 0.6) is 0 Å². The summed E-state index contributed by atoms with van der Waals surface area (Å²) in [4.78, 5) is 15.5. The number of benzene rings is 2. The molecule has 1 atom stereocenters. The molecule has 162 valence electrons. The van der Waals surface area contributed by atoms with Gasteiger partial charge in [-0.2, -0.15) is 4.31 Å². The van der Waals surface area contributed by atoms with E-state index in [0.717, 1.165) is 17.0 Å². The fourth-order valence-corrected chi connectivity index (χ4v) is 5.68. The number of carboxylic acid groups (broad SMARTS) is 1. The van der Waals surface area contributed by atoms with Gasteiger partial charge in [-0.05, 0) is 61.7 Å². The Labute approximate surface area is 178 Å². The minimum atomic E-state index is -3.93. The monoisotopic (exact) mass is 444 g/mol. The van der Waals surface area contributed by atoms with Crippen LogP contribution in [0.15, 0.2) is 47.4 Å². The van der Waals surface area contributed by atoms with E-state index in [1.54, 1.807) is 12.1 Å². The van der Waals surface area contributed by atoms with Crippen molar-refractivity contribution >= 4 is 26.9 Å². The van der Waals surface area contributed by atoms with E-state index >= 15 is 4.39 Å². The highest BCUT2D eigenvalue weighted by molar-refractivity contribution is 7.89. The summed E-state index contributed by atoms with van der Waals surface area (Å²) in [5.74, 6) is -1.84. The van der Waals surface area contributed by atoms with Crippen molar-refractivity contribution in [1.29, 1.82) is 0 Å². The highest BCUT2D eigenvalue weighted by Gasteiger charge is 2.35. The van der Waals surface area contributed by atoms with E-state index in [9.17, 15) is 23.4 Å². The van der Waals surface area contributed by atoms with Crippen molar-refractivity contribution in [3.05, 3.63) is 59.4 Å². The maximum absolute atomic E-state index is 15.0. The van der Waals surface area contributed by atoms with Crippen LogP contribution in [0.2, 0.25) is 0 Å². The Morgan fingerprint density at radius 3 is 2.68 bits per heavy atom. The highest BCUT2D eigenvalue weighted by Crippen LogP contribution is 2.31. The summed E-state index contributed by atoms with van der Waals surface area (Å²) in [5, 5.41) is 19.4. The van der Waals surface area contributed by atoms with Crippen molar-refractivity contribution in [3.8, 4) is 11.3 Å². The van der Waals surface area contributed by atoms with Gasteiger partial charge in [0.1, 0.15) is 5.82 Å². The third-order valence-corrected chi connectivity index (χ3v) is 7.57. The lowest BCUT2D eigenvalue weighted by Gasteiger charge is -2.22. The molecule has 0 spiro atoms. The van der Waals surface area contributed by atoms with Gasteiger partial charge in [0.2, 0.25) is 10.0 Å². The van der Waals surface area contributed by atoms with Crippen LogP contribution in [0, 0.1) is 12.7 Å². The van der Waals surface area contributed by atoms with Crippen molar-refractivity contribution in [2.45, 2.75) is 30.7 Å². The number of aromatic nitrogens is 1. The number of hydrogen-bond donors (Lipinski definition) is 2. The van der Waals surface area contributed by atoms with E-state index in [4.69, 9.17) is 0 Å². The lowest BCUT2D eigenvalue weighted by Crippen LogP contribution is -2.37. The second-order valence-electron chi connectivity index (χ2n) is 7.60. The third kappa shape index (κ3) is 3.80. The maximum Gasteiger partial charge on any atom is 0.335 e. The molecule has 0 unspecified atom stereocenters. The summed E-state index contributed by atoms with van der Waals surface area (Å²) < 4.78 is 42.0. The summed E-state index contributed by atoms with van der Waals surface area (Å²) in [6.45, 7) is 1.82. The maximum atomic E-state index is 15.0. The molecule has 1 fully saturated rings. The lowest BCUT2D eigenvalue weighted by atomic mass is 10.0. The Balaban J connectivity index is 1.76. The van der Waals surface area contributed by atoms with Gasteiger partial charge >= 0.3 is 5.97 Å². The van der Waals surface area contributed by atoms with Gasteiger partial charge in [-0.15, -0.1) is 0 Å². The quantitative estimate of drug-likeness (QED) is 0.626. The van der Waals surface area contributed by atoms with Crippen LogP contribution >= 0.6 is 0 Å². The zero-order chi connectivity index (χ0) is 22.3. The Morgan fingerprint density at radius 1 is 1.23 bits per heavy atom. The number of aliphatic hydroxyl groups is 1. The second-order valence-corrected chi connectivity index (χ2v) is 9.49. The normalized spacial score (nSPS) is 17.3. The summed E-state index contributed by atoms with van der Waals surface area (Å²) in [7, 11) is -3.93.